The van der Waals surface area contributed by atoms with Gasteiger partial charge < -0.3 is 10.6 Å². The summed E-state index contributed by atoms with van der Waals surface area (Å²) < 4.78 is 14.9. The predicted molar refractivity (Wildman–Crippen MR) is 108 cm³/mol. The van der Waals surface area contributed by atoms with Gasteiger partial charge in [0.25, 0.3) is 0 Å². The van der Waals surface area contributed by atoms with Crippen molar-refractivity contribution in [3.05, 3.63) is 65.5 Å². The lowest BCUT2D eigenvalue weighted by molar-refractivity contribution is 0.411. The van der Waals surface area contributed by atoms with Crippen molar-refractivity contribution in [2.45, 2.75) is 64.0 Å². The topological polar surface area (TPSA) is 37.0 Å². The van der Waals surface area contributed by atoms with E-state index in [0.717, 1.165) is 29.7 Å². The Hall–Kier alpha value is -2.36. The van der Waals surface area contributed by atoms with E-state index in [1.807, 2.05) is 30.6 Å². The highest BCUT2D eigenvalue weighted by molar-refractivity contribution is 5.65. The average molecular weight is 365 g/mol. The third-order valence-electron chi connectivity index (χ3n) is 5.96. The molecule has 1 aromatic heterocycles. The zero-order valence-corrected chi connectivity index (χ0v) is 16.1. The molecule has 4 rings (SSSR count). The summed E-state index contributed by atoms with van der Waals surface area (Å²) in [7, 11) is 0. The SMILES string of the molecule is CC[C@H]1CC(NC(C)c2ccc(-c3ccnc(C4CCC4)c3)c(F)c2)=CN1. The Labute approximate surface area is 161 Å². The van der Waals surface area contributed by atoms with Crippen LogP contribution in [0.4, 0.5) is 4.39 Å². The van der Waals surface area contributed by atoms with E-state index in [1.54, 1.807) is 6.07 Å². The van der Waals surface area contributed by atoms with Crippen molar-refractivity contribution in [1.82, 2.24) is 15.6 Å². The molecule has 142 valence electrons. The minimum absolute atomic E-state index is 0.0696. The molecule has 2 aliphatic rings. The van der Waals surface area contributed by atoms with E-state index in [4.69, 9.17) is 0 Å². The molecular weight excluding hydrogens is 337 g/mol. The number of rotatable bonds is 6. The Morgan fingerprint density at radius 3 is 2.78 bits per heavy atom. The monoisotopic (exact) mass is 365 g/mol. The Bertz CT molecular complexity index is 841. The largest absolute Gasteiger partial charge is 0.386 e. The zero-order valence-electron chi connectivity index (χ0n) is 16.1. The van der Waals surface area contributed by atoms with Crippen LogP contribution in [0, 0.1) is 5.82 Å². The van der Waals surface area contributed by atoms with Crippen LogP contribution in [0.2, 0.25) is 0 Å². The number of hydrogen-bond acceptors (Lipinski definition) is 3. The third-order valence-corrected chi connectivity index (χ3v) is 5.96. The molecular formula is C23H28FN3. The van der Waals surface area contributed by atoms with Gasteiger partial charge >= 0.3 is 0 Å². The Kier molecular flexibility index (Phi) is 5.15. The van der Waals surface area contributed by atoms with Gasteiger partial charge in [-0.1, -0.05) is 25.5 Å². The normalized spacial score (nSPS) is 20.6. The molecule has 1 aliphatic carbocycles. The number of pyridine rings is 1. The minimum Gasteiger partial charge on any atom is -0.386 e. The molecule has 1 aromatic carbocycles. The molecule has 0 amide bonds. The van der Waals surface area contributed by atoms with Gasteiger partial charge in [0.05, 0.1) is 0 Å². The minimum atomic E-state index is -0.170. The predicted octanol–water partition coefficient (Wildman–Crippen LogP) is 5.42. The molecule has 2 aromatic rings. The van der Waals surface area contributed by atoms with Crippen LogP contribution in [-0.4, -0.2) is 11.0 Å². The molecule has 1 aliphatic heterocycles. The molecule has 1 saturated carbocycles. The van der Waals surface area contributed by atoms with E-state index in [9.17, 15) is 4.39 Å². The van der Waals surface area contributed by atoms with Gasteiger partial charge in [0.15, 0.2) is 0 Å². The molecule has 2 N–H and O–H groups in total. The summed E-state index contributed by atoms with van der Waals surface area (Å²) in [5.41, 5.74) is 4.83. The fraction of sp³-hybridized carbons (Fsp3) is 0.435. The molecule has 3 nitrogen and oxygen atoms in total. The van der Waals surface area contributed by atoms with Gasteiger partial charge in [0, 0.05) is 53.8 Å². The summed E-state index contributed by atoms with van der Waals surface area (Å²) in [5.74, 6) is 0.383. The van der Waals surface area contributed by atoms with E-state index in [1.165, 1.54) is 25.0 Å². The molecule has 0 saturated heterocycles. The molecule has 2 heterocycles. The van der Waals surface area contributed by atoms with Gasteiger partial charge in [-0.15, -0.1) is 0 Å². The molecule has 1 fully saturated rings. The van der Waals surface area contributed by atoms with Gasteiger partial charge in [-0.05, 0) is 55.5 Å². The van der Waals surface area contributed by atoms with Crippen molar-refractivity contribution in [3.8, 4) is 11.1 Å². The molecule has 2 atom stereocenters. The summed E-state index contributed by atoms with van der Waals surface area (Å²) in [6.45, 7) is 4.26. The second-order valence-corrected chi connectivity index (χ2v) is 7.85. The van der Waals surface area contributed by atoms with E-state index < -0.39 is 0 Å². The lowest BCUT2D eigenvalue weighted by Gasteiger charge is -2.25. The maximum Gasteiger partial charge on any atom is 0.131 e. The van der Waals surface area contributed by atoms with Crippen LogP contribution >= 0.6 is 0 Å². The van der Waals surface area contributed by atoms with Crippen LogP contribution in [0.15, 0.2) is 48.4 Å². The number of nitrogens with zero attached hydrogens (tertiary/aromatic N) is 1. The highest BCUT2D eigenvalue weighted by Gasteiger charge is 2.21. The first-order chi connectivity index (χ1) is 13.1. The summed E-state index contributed by atoms with van der Waals surface area (Å²) >= 11 is 0. The summed E-state index contributed by atoms with van der Waals surface area (Å²) in [6.07, 6.45) is 9.64. The van der Waals surface area contributed by atoms with Gasteiger partial charge in [0.2, 0.25) is 0 Å². The average Bonchev–Trinajstić information content (AvgIpc) is 3.08. The Balaban J connectivity index is 1.49. The van der Waals surface area contributed by atoms with Gasteiger partial charge in [-0.3, -0.25) is 4.98 Å². The van der Waals surface area contributed by atoms with Crippen molar-refractivity contribution in [2.24, 2.45) is 0 Å². The standard InChI is InChI=1S/C23H28FN3/c1-3-19-13-20(14-26-19)27-15(2)17-7-8-21(22(24)11-17)18-9-10-25-23(12-18)16-5-4-6-16/h7-12,14-16,19,26-27H,3-6,13H2,1-2H3/t15?,19-/m0/s1. The smallest absolute Gasteiger partial charge is 0.131 e. The molecule has 0 radical (unpaired) electrons. The fourth-order valence-corrected chi connectivity index (χ4v) is 3.90. The zero-order chi connectivity index (χ0) is 18.8. The van der Waals surface area contributed by atoms with Crippen molar-refractivity contribution in [2.75, 3.05) is 0 Å². The lowest BCUT2D eigenvalue weighted by Crippen LogP contribution is -2.20. The van der Waals surface area contributed by atoms with E-state index in [2.05, 4.69) is 35.5 Å². The lowest BCUT2D eigenvalue weighted by atomic mass is 9.82. The Morgan fingerprint density at radius 1 is 1.26 bits per heavy atom. The van der Waals surface area contributed by atoms with Gasteiger partial charge in [-0.25, -0.2) is 4.39 Å². The van der Waals surface area contributed by atoms with E-state index in [0.29, 0.717) is 17.5 Å². The highest BCUT2D eigenvalue weighted by Crippen LogP contribution is 2.37. The van der Waals surface area contributed by atoms with E-state index in [-0.39, 0.29) is 11.9 Å². The third kappa shape index (κ3) is 3.85. The summed E-state index contributed by atoms with van der Waals surface area (Å²) in [5, 5.41) is 6.88. The van der Waals surface area contributed by atoms with Crippen LogP contribution in [0.5, 0.6) is 0 Å². The molecule has 0 spiro atoms. The van der Waals surface area contributed by atoms with E-state index >= 15 is 0 Å². The number of benzene rings is 1. The maximum absolute atomic E-state index is 14.9. The van der Waals surface area contributed by atoms with Gasteiger partial charge in [0.1, 0.15) is 5.82 Å². The fourth-order valence-electron chi connectivity index (χ4n) is 3.90. The van der Waals surface area contributed by atoms with Crippen molar-refractivity contribution in [1.29, 1.82) is 0 Å². The van der Waals surface area contributed by atoms with Crippen LogP contribution in [0.25, 0.3) is 11.1 Å². The first kappa shape index (κ1) is 18.0. The van der Waals surface area contributed by atoms with Crippen LogP contribution in [-0.2, 0) is 0 Å². The Morgan fingerprint density at radius 2 is 2.11 bits per heavy atom. The molecule has 1 unspecified atom stereocenters. The molecule has 4 heteroatoms. The van der Waals surface area contributed by atoms with Gasteiger partial charge in [-0.2, -0.15) is 0 Å². The van der Waals surface area contributed by atoms with Crippen LogP contribution < -0.4 is 10.6 Å². The van der Waals surface area contributed by atoms with Crippen LogP contribution in [0.1, 0.15) is 69.2 Å². The molecule has 0 bridgehead atoms. The quantitative estimate of drug-likeness (QED) is 0.718. The second-order valence-electron chi connectivity index (χ2n) is 7.85. The highest BCUT2D eigenvalue weighted by atomic mass is 19.1. The van der Waals surface area contributed by atoms with Crippen LogP contribution in [0.3, 0.4) is 0 Å². The number of hydrogen-bond donors (Lipinski definition) is 2. The summed E-state index contributed by atoms with van der Waals surface area (Å²) in [4.78, 5) is 4.49. The summed E-state index contributed by atoms with van der Waals surface area (Å²) in [6, 6.07) is 10.1. The first-order valence-corrected chi connectivity index (χ1v) is 10.1. The first-order valence-electron chi connectivity index (χ1n) is 10.1. The number of nitrogens with one attached hydrogen (secondary N) is 2. The number of halogens is 1. The maximum atomic E-state index is 14.9. The van der Waals surface area contributed by atoms with Crippen molar-refractivity contribution >= 4 is 0 Å². The van der Waals surface area contributed by atoms with Crippen molar-refractivity contribution < 1.29 is 4.39 Å². The molecule has 27 heavy (non-hydrogen) atoms. The second kappa shape index (κ2) is 7.71. The number of aromatic nitrogens is 1. The van der Waals surface area contributed by atoms with Crippen molar-refractivity contribution in [3.63, 3.8) is 0 Å².